The van der Waals surface area contributed by atoms with E-state index in [1.54, 1.807) is 0 Å². The summed E-state index contributed by atoms with van der Waals surface area (Å²) >= 11 is 12.4. The molecule has 0 amide bonds. The minimum atomic E-state index is 0.640. The van der Waals surface area contributed by atoms with E-state index in [0.717, 1.165) is 29.1 Å². The lowest BCUT2D eigenvalue weighted by Crippen LogP contribution is -2.25. The lowest BCUT2D eigenvalue weighted by Gasteiger charge is -2.19. The van der Waals surface area contributed by atoms with Crippen molar-refractivity contribution in [3.8, 4) is 0 Å². The molecular formula is C14H15Cl2N3. The molecule has 1 aromatic carbocycles. The molecule has 0 spiro atoms. The van der Waals surface area contributed by atoms with Crippen LogP contribution in [0.1, 0.15) is 18.9 Å². The third-order valence-corrected chi connectivity index (χ3v) is 3.62. The van der Waals surface area contributed by atoms with E-state index < -0.39 is 0 Å². The lowest BCUT2D eigenvalue weighted by molar-refractivity contribution is 0.605. The normalized spacial score (nSPS) is 17.2. The average molecular weight is 296 g/mol. The predicted octanol–water partition coefficient (Wildman–Crippen LogP) is 4.12. The second kappa shape index (κ2) is 5.76. The second-order valence-corrected chi connectivity index (χ2v) is 5.39. The van der Waals surface area contributed by atoms with Gasteiger partial charge in [-0.15, -0.1) is 5.10 Å². The molecule has 0 bridgehead atoms. The molecule has 3 nitrogen and oxygen atoms in total. The van der Waals surface area contributed by atoms with Crippen LogP contribution in [0.15, 0.2) is 34.0 Å². The molecule has 0 N–H and O–H groups in total. The maximum absolute atomic E-state index is 6.19. The van der Waals surface area contributed by atoms with Crippen LogP contribution in [0.3, 0.4) is 0 Å². The summed E-state index contributed by atoms with van der Waals surface area (Å²) < 4.78 is 0. The molecule has 0 atom stereocenters. The fourth-order valence-corrected chi connectivity index (χ4v) is 2.26. The fourth-order valence-electron chi connectivity index (χ4n) is 1.76. The fraction of sp³-hybridized carbons (Fsp3) is 0.286. The van der Waals surface area contributed by atoms with Gasteiger partial charge in [0.15, 0.2) is 0 Å². The molecule has 0 radical (unpaired) electrons. The maximum Gasteiger partial charge on any atom is 0.131 e. The van der Waals surface area contributed by atoms with Gasteiger partial charge in [-0.2, -0.15) is 5.10 Å². The third-order valence-electron chi connectivity index (χ3n) is 2.96. The Hall–Kier alpha value is -1.32. The van der Waals surface area contributed by atoms with Crippen LogP contribution in [0.2, 0.25) is 10.0 Å². The monoisotopic (exact) mass is 295 g/mol. The Morgan fingerprint density at radius 3 is 2.37 bits per heavy atom. The van der Waals surface area contributed by atoms with E-state index in [4.69, 9.17) is 23.2 Å². The molecule has 100 valence electrons. The van der Waals surface area contributed by atoms with E-state index in [9.17, 15) is 0 Å². The van der Waals surface area contributed by atoms with Gasteiger partial charge in [-0.25, -0.2) is 0 Å². The Bertz CT molecular complexity index is 566. The molecular weight excluding hydrogens is 281 g/mol. The molecule has 0 fully saturated rings. The van der Waals surface area contributed by atoms with Gasteiger partial charge in [-0.3, -0.25) is 0 Å². The van der Waals surface area contributed by atoms with Crippen molar-refractivity contribution in [3.05, 3.63) is 39.4 Å². The van der Waals surface area contributed by atoms with Gasteiger partial charge >= 0.3 is 0 Å². The predicted molar refractivity (Wildman–Crippen MR) is 83.3 cm³/mol. The molecule has 2 rings (SSSR count). The zero-order valence-electron chi connectivity index (χ0n) is 11.1. The molecule has 0 unspecified atom stereocenters. The maximum atomic E-state index is 6.19. The van der Waals surface area contributed by atoms with Crippen LogP contribution < -0.4 is 0 Å². The van der Waals surface area contributed by atoms with Crippen LogP contribution in [-0.2, 0) is 0 Å². The van der Waals surface area contributed by atoms with E-state index in [2.05, 4.69) is 10.2 Å². The topological polar surface area (TPSA) is 28.0 Å². The van der Waals surface area contributed by atoms with Crippen molar-refractivity contribution in [2.75, 3.05) is 14.1 Å². The van der Waals surface area contributed by atoms with Gasteiger partial charge in [0, 0.05) is 36.1 Å². The van der Waals surface area contributed by atoms with E-state index in [1.807, 2.05) is 50.2 Å². The molecule has 19 heavy (non-hydrogen) atoms. The average Bonchev–Trinajstić information content (AvgIpc) is 2.35. The summed E-state index contributed by atoms with van der Waals surface area (Å²) in [6, 6.07) is 5.49. The van der Waals surface area contributed by atoms with Crippen molar-refractivity contribution >= 4 is 40.8 Å². The summed E-state index contributed by atoms with van der Waals surface area (Å²) in [6.07, 6.45) is 2.71. The SMILES string of the molecule is CC1=NN=C(N(C)C)CC1=Cc1c(Cl)cccc1Cl. The smallest absolute Gasteiger partial charge is 0.131 e. The zero-order valence-corrected chi connectivity index (χ0v) is 12.6. The van der Waals surface area contributed by atoms with Gasteiger partial charge in [0.1, 0.15) is 5.84 Å². The van der Waals surface area contributed by atoms with Crippen molar-refractivity contribution in [2.45, 2.75) is 13.3 Å². The molecule has 0 saturated carbocycles. The van der Waals surface area contributed by atoms with E-state index in [0.29, 0.717) is 10.0 Å². The summed E-state index contributed by atoms with van der Waals surface area (Å²) in [7, 11) is 3.91. The number of nitrogens with zero attached hydrogens (tertiary/aromatic N) is 3. The molecule has 0 aliphatic carbocycles. The first-order valence-electron chi connectivity index (χ1n) is 5.92. The van der Waals surface area contributed by atoms with Gasteiger partial charge in [-0.05, 0) is 30.7 Å². The van der Waals surface area contributed by atoms with Crippen molar-refractivity contribution in [2.24, 2.45) is 10.2 Å². The van der Waals surface area contributed by atoms with Gasteiger partial charge in [0.05, 0.1) is 5.71 Å². The Labute approximate surface area is 123 Å². The number of benzene rings is 1. The number of rotatable bonds is 1. The minimum absolute atomic E-state index is 0.640. The Morgan fingerprint density at radius 2 is 1.79 bits per heavy atom. The highest BCUT2D eigenvalue weighted by molar-refractivity contribution is 6.37. The van der Waals surface area contributed by atoms with Crippen LogP contribution in [0.4, 0.5) is 0 Å². The zero-order chi connectivity index (χ0) is 14.0. The number of halogens is 2. The summed E-state index contributed by atoms with van der Waals surface area (Å²) in [5.41, 5.74) is 2.80. The molecule has 5 heteroatoms. The minimum Gasteiger partial charge on any atom is -0.364 e. The standard InChI is InChI=1S/C14H15Cl2N3/c1-9-10(8-14(18-17-9)19(2)3)7-11-12(15)5-4-6-13(11)16/h4-7H,8H2,1-3H3. The van der Waals surface area contributed by atoms with E-state index in [-0.39, 0.29) is 0 Å². The summed E-state index contributed by atoms with van der Waals surface area (Å²) in [6.45, 7) is 1.94. The third kappa shape index (κ3) is 3.17. The van der Waals surface area contributed by atoms with Crippen LogP contribution in [0.5, 0.6) is 0 Å². The molecule has 0 aromatic heterocycles. The first-order chi connectivity index (χ1) is 8.99. The van der Waals surface area contributed by atoms with Crippen LogP contribution in [-0.4, -0.2) is 30.5 Å². The quantitative estimate of drug-likeness (QED) is 0.766. The van der Waals surface area contributed by atoms with Crippen molar-refractivity contribution in [1.82, 2.24) is 4.90 Å². The highest BCUT2D eigenvalue weighted by Crippen LogP contribution is 2.28. The van der Waals surface area contributed by atoms with Crippen LogP contribution >= 0.6 is 23.2 Å². The summed E-state index contributed by atoms with van der Waals surface area (Å²) in [5.74, 6) is 0.917. The molecule has 0 saturated heterocycles. The van der Waals surface area contributed by atoms with Crippen molar-refractivity contribution in [1.29, 1.82) is 0 Å². The van der Waals surface area contributed by atoms with E-state index >= 15 is 0 Å². The second-order valence-electron chi connectivity index (χ2n) is 4.58. The number of hydrogen-bond donors (Lipinski definition) is 0. The molecule has 1 aliphatic heterocycles. The largest absolute Gasteiger partial charge is 0.364 e. The molecule has 1 aliphatic rings. The van der Waals surface area contributed by atoms with Crippen molar-refractivity contribution in [3.63, 3.8) is 0 Å². The highest BCUT2D eigenvalue weighted by atomic mass is 35.5. The van der Waals surface area contributed by atoms with Crippen LogP contribution in [0.25, 0.3) is 6.08 Å². The molecule has 1 heterocycles. The summed E-state index contributed by atoms with van der Waals surface area (Å²) in [5, 5.41) is 9.63. The lowest BCUT2D eigenvalue weighted by atomic mass is 10.0. The summed E-state index contributed by atoms with van der Waals surface area (Å²) in [4.78, 5) is 1.96. The highest BCUT2D eigenvalue weighted by Gasteiger charge is 2.15. The number of amidine groups is 1. The Kier molecular flexibility index (Phi) is 4.27. The first kappa shape index (κ1) is 14.1. The Balaban J connectivity index is 2.40. The number of hydrogen-bond acceptors (Lipinski definition) is 3. The van der Waals surface area contributed by atoms with Gasteiger partial charge in [0.2, 0.25) is 0 Å². The van der Waals surface area contributed by atoms with E-state index in [1.165, 1.54) is 0 Å². The van der Waals surface area contributed by atoms with Gasteiger partial charge < -0.3 is 4.90 Å². The molecule has 1 aromatic rings. The van der Waals surface area contributed by atoms with Gasteiger partial charge in [-0.1, -0.05) is 29.3 Å². The van der Waals surface area contributed by atoms with Crippen LogP contribution in [0, 0.1) is 0 Å². The Morgan fingerprint density at radius 1 is 1.16 bits per heavy atom. The van der Waals surface area contributed by atoms with Gasteiger partial charge in [0.25, 0.3) is 0 Å². The first-order valence-corrected chi connectivity index (χ1v) is 6.68. The van der Waals surface area contributed by atoms with Crippen molar-refractivity contribution < 1.29 is 0 Å².